The van der Waals surface area contributed by atoms with Crippen LogP contribution in [0.1, 0.15) is 50.7 Å². The molecular weight excluding hydrogens is 234 g/mol. The van der Waals surface area contributed by atoms with E-state index in [0.29, 0.717) is 0 Å². The molecule has 3 rings (SSSR count). The summed E-state index contributed by atoms with van der Waals surface area (Å²) in [6.45, 7) is 4.42. The van der Waals surface area contributed by atoms with Crippen molar-refractivity contribution in [1.29, 1.82) is 0 Å². The van der Waals surface area contributed by atoms with E-state index in [-0.39, 0.29) is 6.10 Å². The molecule has 0 spiro atoms. The van der Waals surface area contributed by atoms with Crippen molar-refractivity contribution in [2.45, 2.75) is 45.1 Å². The normalized spacial score (nSPS) is 20.3. The number of aliphatic hydroxyl groups is 1. The lowest BCUT2D eigenvalue weighted by atomic mass is 10.0. The van der Waals surface area contributed by atoms with Crippen molar-refractivity contribution in [3.63, 3.8) is 0 Å². The van der Waals surface area contributed by atoms with E-state index in [1.54, 1.807) is 0 Å². The third kappa shape index (κ3) is 3.30. The minimum absolute atomic E-state index is 0.322. The minimum Gasteiger partial charge on any atom is -0.388 e. The summed E-state index contributed by atoms with van der Waals surface area (Å²) in [6, 6.07) is 8.44. The summed E-state index contributed by atoms with van der Waals surface area (Å²) >= 11 is 0. The average Bonchev–Trinajstić information content (AvgIpc) is 3.32. The van der Waals surface area contributed by atoms with E-state index in [4.69, 9.17) is 0 Å². The van der Waals surface area contributed by atoms with Crippen LogP contribution in [0.15, 0.2) is 24.3 Å². The van der Waals surface area contributed by atoms with Crippen molar-refractivity contribution in [1.82, 2.24) is 0 Å². The lowest BCUT2D eigenvalue weighted by Gasteiger charge is -2.28. The molecule has 2 aliphatic carbocycles. The summed E-state index contributed by atoms with van der Waals surface area (Å²) in [5.74, 6) is 1.79. The summed E-state index contributed by atoms with van der Waals surface area (Å²) in [5, 5.41) is 10.2. The van der Waals surface area contributed by atoms with Gasteiger partial charge in [0.05, 0.1) is 6.10 Å². The molecule has 1 N–H and O–H groups in total. The van der Waals surface area contributed by atoms with Gasteiger partial charge >= 0.3 is 0 Å². The average molecular weight is 259 g/mol. The Morgan fingerprint density at radius 1 is 1.11 bits per heavy atom. The smallest absolute Gasteiger partial charge is 0.0807 e. The molecule has 1 aromatic carbocycles. The van der Waals surface area contributed by atoms with Crippen molar-refractivity contribution < 1.29 is 5.11 Å². The molecule has 1 aromatic rings. The summed E-state index contributed by atoms with van der Waals surface area (Å²) in [6.07, 6.45) is 6.02. The molecule has 2 fully saturated rings. The van der Waals surface area contributed by atoms with Gasteiger partial charge in [-0.15, -0.1) is 0 Å². The Balaban J connectivity index is 1.82. The van der Waals surface area contributed by atoms with E-state index >= 15 is 0 Å². The van der Waals surface area contributed by atoms with Crippen LogP contribution in [0.3, 0.4) is 0 Å². The van der Waals surface area contributed by atoms with E-state index < -0.39 is 0 Å². The van der Waals surface area contributed by atoms with E-state index in [2.05, 4.69) is 23.1 Å². The summed E-state index contributed by atoms with van der Waals surface area (Å²) in [7, 11) is 0. The largest absolute Gasteiger partial charge is 0.388 e. The highest BCUT2D eigenvalue weighted by atomic mass is 16.3. The monoisotopic (exact) mass is 259 g/mol. The van der Waals surface area contributed by atoms with Gasteiger partial charge in [-0.1, -0.05) is 25.1 Å². The van der Waals surface area contributed by atoms with Crippen molar-refractivity contribution in [2.24, 2.45) is 11.8 Å². The molecule has 19 heavy (non-hydrogen) atoms. The van der Waals surface area contributed by atoms with Crippen LogP contribution in [0.2, 0.25) is 0 Å². The molecule has 2 saturated carbocycles. The van der Waals surface area contributed by atoms with Gasteiger partial charge in [0, 0.05) is 24.3 Å². The van der Waals surface area contributed by atoms with Gasteiger partial charge in [0.25, 0.3) is 0 Å². The standard InChI is InChI=1S/C17H25NO/c1-2-17(19)15-5-3-4-6-16(15)18(11-13-7-8-13)12-14-9-10-14/h3-6,13-14,17,19H,2,7-12H2,1H3/t17-/m1/s1. The molecule has 0 radical (unpaired) electrons. The van der Waals surface area contributed by atoms with E-state index in [1.807, 2.05) is 13.0 Å². The number of para-hydroxylation sites is 1. The Morgan fingerprint density at radius 2 is 1.68 bits per heavy atom. The van der Waals surface area contributed by atoms with Crippen molar-refractivity contribution in [3.05, 3.63) is 29.8 Å². The Morgan fingerprint density at radius 3 is 2.21 bits per heavy atom. The van der Waals surface area contributed by atoms with Crippen LogP contribution in [0.4, 0.5) is 5.69 Å². The predicted octanol–water partition coefficient (Wildman–Crippen LogP) is 3.76. The number of hydrogen-bond acceptors (Lipinski definition) is 2. The highest BCUT2D eigenvalue weighted by Gasteiger charge is 2.30. The first-order valence-electron chi connectivity index (χ1n) is 7.80. The number of hydrogen-bond donors (Lipinski definition) is 1. The fourth-order valence-electron chi connectivity index (χ4n) is 2.77. The van der Waals surface area contributed by atoms with Gasteiger partial charge in [0.15, 0.2) is 0 Å². The molecule has 104 valence electrons. The number of nitrogens with zero attached hydrogens (tertiary/aromatic N) is 1. The number of benzene rings is 1. The first-order chi connectivity index (χ1) is 9.28. The van der Waals surface area contributed by atoms with Crippen LogP contribution in [0.5, 0.6) is 0 Å². The Bertz CT molecular complexity index is 409. The van der Waals surface area contributed by atoms with Crippen LogP contribution in [-0.2, 0) is 0 Å². The molecule has 2 heteroatoms. The Labute approximate surface area is 116 Å². The van der Waals surface area contributed by atoms with Gasteiger partial charge in [-0.3, -0.25) is 0 Å². The van der Waals surface area contributed by atoms with Crippen LogP contribution in [-0.4, -0.2) is 18.2 Å². The molecule has 2 nitrogen and oxygen atoms in total. The van der Waals surface area contributed by atoms with Crippen molar-refractivity contribution in [3.8, 4) is 0 Å². The van der Waals surface area contributed by atoms with Crippen molar-refractivity contribution >= 4 is 5.69 Å². The molecule has 0 amide bonds. The Hall–Kier alpha value is -1.02. The van der Waals surface area contributed by atoms with E-state index in [9.17, 15) is 5.11 Å². The lowest BCUT2D eigenvalue weighted by Crippen LogP contribution is -2.29. The second kappa shape index (κ2) is 5.54. The maximum Gasteiger partial charge on any atom is 0.0807 e. The first-order valence-corrected chi connectivity index (χ1v) is 7.80. The molecule has 0 aromatic heterocycles. The van der Waals surface area contributed by atoms with Gasteiger partial charge in [-0.05, 0) is 50.0 Å². The topological polar surface area (TPSA) is 23.5 Å². The molecule has 0 unspecified atom stereocenters. The van der Waals surface area contributed by atoms with Gasteiger partial charge < -0.3 is 10.0 Å². The molecular formula is C17H25NO. The van der Waals surface area contributed by atoms with Gasteiger partial charge in [0.2, 0.25) is 0 Å². The van der Waals surface area contributed by atoms with Crippen LogP contribution >= 0.6 is 0 Å². The summed E-state index contributed by atoms with van der Waals surface area (Å²) in [5.41, 5.74) is 2.39. The minimum atomic E-state index is -0.322. The highest BCUT2D eigenvalue weighted by Crippen LogP contribution is 2.38. The zero-order valence-corrected chi connectivity index (χ0v) is 11.9. The maximum absolute atomic E-state index is 10.2. The van der Waals surface area contributed by atoms with Crippen LogP contribution in [0, 0.1) is 11.8 Å². The molecule has 0 bridgehead atoms. The second-order valence-corrected chi connectivity index (χ2v) is 6.27. The third-order valence-electron chi connectivity index (χ3n) is 4.37. The van der Waals surface area contributed by atoms with Crippen molar-refractivity contribution in [2.75, 3.05) is 18.0 Å². The second-order valence-electron chi connectivity index (χ2n) is 6.27. The van der Waals surface area contributed by atoms with E-state index in [0.717, 1.165) is 23.8 Å². The van der Waals surface area contributed by atoms with Gasteiger partial charge in [-0.2, -0.15) is 0 Å². The Kier molecular flexibility index (Phi) is 3.79. The SMILES string of the molecule is CC[C@@H](O)c1ccccc1N(CC1CC1)CC1CC1. The quantitative estimate of drug-likeness (QED) is 0.806. The van der Waals surface area contributed by atoms with Crippen LogP contribution in [0.25, 0.3) is 0 Å². The first kappa shape index (κ1) is 13.0. The molecule has 1 atom stereocenters. The number of anilines is 1. The third-order valence-corrected chi connectivity index (χ3v) is 4.37. The molecule has 2 aliphatic rings. The number of aliphatic hydroxyl groups excluding tert-OH is 1. The molecule has 0 saturated heterocycles. The summed E-state index contributed by atoms with van der Waals surface area (Å²) < 4.78 is 0. The highest BCUT2D eigenvalue weighted by molar-refractivity contribution is 5.55. The predicted molar refractivity (Wildman–Crippen MR) is 79.4 cm³/mol. The zero-order chi connectivity index (χ0) is 13.2. The van der Waals surface area contributed by atoms with E-state index in [1.165, 1.54) is 44.5 Å². The maximum atomic E-state index is 10.2. The molecule has 0 heterocycles. The fraction of sp³-hybridized carbons (Fsp3) is 0.647. The number of rotatable bonds is 7. The fourth-order valence-corrected chi connectivity index (χ4v) is 2.77. The lowest BCUT2D eigenvalue weighted by molar-refractivity contribution is 0.174. The molecule has 0 aliphatic heterocycles. The van der Waals surface area contributed by atoms with Gasteiger partial charge in [0.1, 0.15) is 0 Å². The van der Waals surface area contributed by atoms with Gasteiger partial charge in [-0.25, -0.2) is 0 Å². The van der Waals surface area contributed by atoms with Crippen LogP contribution < -0.4 is 4.90 Å². The summed E-state index contributed by atoms with van der Waals surface area (Å²) in [4.78, 5) is 2.55. The zero-order valence-electron chi connectivity index (χ0n) is 11.9.